The molecule has 0 fully saturated rings. The third-order valence-corrected chi connectivity index (χ3v) is 7.09. The zero-order valence-electron chi connectivity index (χ0n) is 27.0. The maximum Gasteiger partial charge on any atom is 0.340 e. The van der Waals surface area contributed by atoms with Gasteiger partial charge in [0.1, 0.15) is 19.3 Å². The molecule has 0 amide bonds. The van der Waals surface area contributed by atoms with Gasteiger partial charge in [0.05, 0.1) is 27.8 Å². The molecule has 16 nitrogen and oxygen atoms in total. The number of carbonyl (C=O) groups excluding carboxylic acids is 5. The maximum absolute atomic E-state index is 13.4. The highest BCUT2D eigenvalue weighted by atomic mass is 16.6. The van der Waals surface area contributed by atoms with E-state index in [-0.39, 0.29) is 27.8 Å². The smallest absolute Gasteiger partial charge is 0.340 e. The van der Waals surface area contributed by atoms with E-state index in [9.17, 15) is 29.1 Å². The molecule has 5 heterocycles. The van der Waals surface area contributed by atoms with Crippen molar-refractivity contribution in [3.8, 4) is 0 Å². The summed E-state index contributed by atoms with van der Waals surface area (Å²) >= 11 is 0. The van der Waals surface area contributed by atoms with Crippen molar-refractivity contribution in [2.24, 2.45) is 0 Å². The van der Waals surface area contributed by atoms with Crippen LogP contribution < -0.4 is 0 Å². The summed E-state index contributed by atoms with van der Waals surface area (Å²) < 4.78 is 27.8. The lowest BCUT2D eigenvalue weighted by atomic mass is 10.0. The molecule has 264 valence electrons. The average Bonchev–Trinajstić information content (AvgIpc) is 3.21. The second kappa shape index (κ2) is 18.2. The Morgan fingerprint density at radius 1 is 0.462 bits per heavy atom. The van der Waals surface area contributed by atoms with E-state index in [1.54, 1.807) is 0 Å². The highest BCUT2D eigenvalue weighted by molar-refractivity contribution is 5.91. The first-order chi connectivity index (χ1) is 25.3. The van der Waals surface area contributed by atoms with Gasteiger partial charge in [-0.3, -0.25) is 24.9 Å². The average molecular weight is 708 g/mol. The van der Waals surface area contributed by atoms with Crippen molar-refractivity contribution in [1.29, 1.82) is 0 Å². The third kappa shape index (κ3) is 10.1. The van der Waals surface area contributed by atoms with Gasteiger partial charge in [-0.25, -0.2) is 24.0 Å². The number of aromatic nitrogens is 5. The molecule has 0 aliphatic heterocycles. The molecular formula is C36H29N5O11. The minimum atomic E-state index is -2.10. The van der Waals surface area contributed by atoms with E-state index in [0.717, 1.165) is 0 Å². The van der Waals surface area contributed by atoms with Crippen LogP contribution >= 0.6 is 0 Å². The van der Waals surface area contributed by atoms with Gasteiger partial charge in [-0.2, -0.15) is 0 Å². The van der Waals surface area contributed by atoms with Gasteiger partial charge in [-0.05, 0) is 60.7 Å². The first kappa shape index (κ1) is 36.3. The second-order valence-corrected chi connectivity index (χ2v) is 10.7. The van der Waals surface area contributed by atoms with Gasteiger partial charge in [-0.15, -0.1) is 0 Å². The Morgan fingerprint density at radius 3 is 1.12 bits per heavy atom. The predicted molar refractivity (Wildman–Crippen MR) is 175 cm³/mol. The number of rotatable bonds is 15. The van der Waals surface area contributed by atoms with Crippen molar-refractivity contribution in [2.45, 2.75) is 24.4 Å². The van der Waals surface area contributed by atoms with E-state index >= 15 is 0 Å². The van der Waals surface area contributed by atoms with Crippen LogP contribution in [0.3, 0.4) is 0 Å². The minimum Gasteiger partial charge on any atom is -0.458 e. The van der Waals surface area contributed by atoms with Gasteiger partial charge in [0.15, 0.2) is 18.3 Å². The standard InChI is InChI=1S/C36H29N5O11/c42-30(28(50-34(45)25-8-3-13-39-18-25)21-48-32(43)23-6-1-11-37-16-23)31(52-36(47)27-10-5-15-41-20-27)29(51-35(46)26-9-4-14-40-19-26)22-49-33(44)24-7-2-12-38-17-24/h1-20,28-31,42H,21-22H2/t28-,29-,30-,31-/m1/s1. The summed E-state index contributed by atoms with van der Waals surface area (Å²) in [6.07, 6.45) is 5.56. The molecule has 16 heteroatoms. The lowest BCUT2D eigenvalue weighted by molar-refractivity contribution is -0.135. The molecule has 0 bridgehead atoms. The van der Waals surface area contributed by atoms with Crippen LogP contribution in [-0.2, 0) is 23.7 Å². The number of hydrogen-bond donors (Lipinski definition) is 1. The quantitative estimate of drug-likeness (QED) is 0.122. The Kier molecular flexibility index (Phi) is 12.7. The Bertz CT molecular complexity index is 1940. The van der Waals surface area contributed by atoms with Crippen LogP contribution in [0.2, 0.25) is 0 Å². The number of ether oxygens (including phenoxy) is 5. The Balaban J connectivity index is 1.51. The summed E-state index contributed by atoms with van der Waals surface area (Å²) in [6.45, 7) is -1.58. The van der Waals surface area contributed by atoms with Crippen molar-refractivity contribution in [2.75, 3.05) is 13.2 Å². The van der Waals surface area contributed by atoms with Crippen LogP contribution in [0.1, 0.15) is 51.8 Å². The van der Waals surface area contributed by atoms with E-state index in [0.29, 0.717) is 0 Å². The zero-order chi connectivity index (χ0) is 36.7. The predicted octanol–water partition coefficient (Wildman–Crippen LogP) is 2.71. The van der Waals surface area contributed by atoms with E-state index in [1.807, 2.05) is 0 Å². The van der Waals surface area contributed by atoms with Gasteiger partial charge < -0.3 is 28.8 Å². The van der Waals surface area contributed by atoms with Crippen molar-refractivity contribution < 1.29 is 52.8 Å². The minimum absolute atomic E-state index is 0.0350. The van der Waals surface area contributed by atoms with Crippen molar-refractivity contribution in [3.05, 3.63) is 150 Å². The van der Waals surface area contributed by atoms with Crippen LogP contribution in [0.4, 0.5) is 0 Å². The number of pyridine rings is 5. The van der Waals surface area contributed by atoms with Crippen molar-refractivity contribution in [1.82, 2.24) is 24.9 Å². The molecule has 4 atom stereocenters. The molecule has 0 radical (unpaired) electrons. The topological polar surface area (TPSA) is 216 Å². The van der Waals surface area contributed by atoms with E-state index in [2.05, 4.69) is 24.9 Å². The lowest BCUT2D eigenvalue weighted by Crippen LogP contribution is -2.53. The molecule has 0 aromatic carbocycles. The molecule has 1 N–H and O–H groups in total. The largest absolute Gasteiger partial charge is 0.458 e. The highest BCUT2D eigenvalue weighted by Gasteiger charge is 2.43. The van der Waals surface area contributed by atoms with Crippen LogP contribution in [0, 0.1) is 0 Å². The molecule has 0 unspecified atom stereocenters. The summed E-state index contributed by atoms with van der Waals surface area (Å²) in [5.74, 6) is -4.84. The monoisotopic (exact) mass is 707 g/mol. The summed E-state index contributed by atoms with van der Waals surface area (Å²) in [5, 5.41) is 11.9. The molecular weight excluding hydrogens is 678 g/mol. The van der Waals surface area contributed by atoms with Crippen LogP contribution in [0.25, 0.3) is 0 Å². The number of nitrogens with zero attached hydrogens (tertiary/aromatic N) is 5. The van der Waals surface area contributed by atoms with Crippen LogP contribution in [-0.4, -0.2) is 97.5 Å². The van der Waals surface area contributed by atoms with Gasteiger partial charge in [0, 0.05) is 62.0 Å². The van der Waals surface area contributed by atoms with Gasteiger partial charge in [0.2, 0.25) is 0 Å². The molecule has 52 heavy (non-hydrogen) atoms. The molecule has 0 aliphatic rings. The normalized spacial score (nSPS) is 12.9. The fraction of sp³-hybridized carbons (Fsp3) is 0.167. The van der Waals surface area contributed by atoms with Gasteiger partial charge in [0.25, 0.3) is 0 Å². The summed E-state index contributed by atoms with van der Waals surface area (Å²) in [4.78, 5) is 85.3. The molecule has 5 aromatic heterocycles. The maximum atomic E-state index is 13.4. The summed E-state index contributed by atoms with van der Waals surface area (Å²) in [6, 6.07) is 14.4. The fourth-order valence-corrected chi connectivity index (χ4v) is 4.48. The Morgan fingerprint density at radius 2 is 0.769 bits per heavy atom. The lowest BCUT2D eigenvalue weighted by Gasteiger charge is -2.33. The number of aliphatic hydroxyl groups excluding tert-OH is 1. The number of aliphatic hydroxyl groups is 1. The highest BCUT2D eigenvalue weighted by Crippen LogP contribution is 2.21. The fourth-order valence-electron chi connectivity index (χ4n) is 4.48. The number of esters is 5. The molecule has 5 rings (SSSR count). The SMILES string of the molecule is O=C(OC[C@@H](OC(=O)c1cccnc1)[C@@H](O)[C@H](OC(=O)c1cccnc1)[C@@H](COC(=O)c1cccnc1)OC(=O)c1cccnc1)c1cccnc1. The molecule has 0 spiro atoms. The first-order valence-corrected chi connectivity index (χ1v) is 15.5. The van der Waals surface area contributed by atoms with Gasteiger partial charge >= 0.3 is 29.8 Å². The third-order valence-electron chi connectivity index (χ3n) is 7.09. The molecule has 0 saturated heterocycles. The van der Waals surface area contributed by atoms with Crippen LogP contribution in [0.5, 0.6) is 0 Å². The number of carbonyl (C=O) groups is 5. The Labute approximate surface area is 295 Å². The zero-order valence-corrected chi connectivity index (χ0v) is 27.0. The number of hydrogen-bond acceptors (Lipinski definition) is 16. The van der Waals surface area contributed by atoms with Crippen molar-refractivity contribution in [3.63, 3.8) is 0 Å². The molecule has 0 saturated carbocycles. The summed E-state index contributed by atoms with van der Waals surface area (Å²) in [7, 11) is 0. The summed E-state index contributed by atoms with van der Waals surface area (Å²) in [5.41, 5.74) is -0.0688. The Hall–Kier alpha value is -6.94. The molecule has 5 aromatic rings. The van der Waals surface area contributed by atoms with E-state index in [4.69, 9.17) is 23.7 Å². The van der Waals surface area contributed by atoms with Crippen LogP contribution in [0.15, 0.2) is 123 Å². The van der Waals surface area contributed by atoms with E-state index < -0.39 is 67.5 Å². The second-order valence-electron chi connectivity index (χ2n) is 10.7. The first-order valence-electron chi connectivity index (χ1n) is 15.5. The van der Waals surface area contributed by atoms with Gasteiger partial charge in [-0.1, -0.05) is 0 Å². The molecule has 0 aliphatic carbocycles. The van der Waals surface area contributed by atoms with E-state index in [1.165, 1.54) is 123 Å². The van der Waals surface area contributed by atoms with Crippen molar-refractivity contribution >= 4 is 29.8 Å².